The number of fused-ring (bicyclic) bond motifs is 1. The summed E-state index contributed by atoms with van der Waals surface area (Å²) < 4.78 is 13.5. The third-order valence-electron chi connectivity index (χ3n) is 7.36. The fraction of sp³-hybridized carbons (Fsp3) is 0.290. The molecule has 0 saturated carbocycles. The van der Waals surface area contributed by atoms with Crippen molar-refractivity contribution in [3.63, 3.8) is 0 Å². The molecule has 0 aliphatic carbocycles. The Bertz CT molecular complexity index is 1540. The number of hydrogen-bond acceptors (Lipinski definition) is 5. The molecule has 38 heavy (non-hydrogen) atoms. The Morgan fingerprint density at radius 1 is 0.895 bits per heavy atom. The Kier molecular flexibility index (Phi) is 7.09. The lowest BCUT2D eigenvalue weighted by Gasteiger charge is -2.32. The number of benzene rings is 3. The molecule has 1 aliphatic rings. The lowest BCUT2D eigenvalue weighted by atomic mass is 10.0. The summed E-state index contributed by atoms with van der Waals surface area (Å²) in [5, 5.41) is 4.29. The van der Waals surface area contributed by atoms with E-state index in [2.05, 4.69) is 15.0 Å². The van der Waals surface area contributed by atoms with Crippen molar-refractivity contribution in [2.24, 2.45) is 0 Å². The van der Waals surface area contributed by atoms with Crippen molar-refractivity contribution >= 4 is 11.0 Å². The van der Waals surface area contributed by atoms with E-state index in [1.807, 2.05) is 89.5 Å². The van der Waals surface area contributed by atoms with E-state index in [0.29, 0.717) is 0 Å². The molecule has 194 valence electrons. The lowest BCUT2D eigenvalue weighted by Crippen LogP contribution is -2.37. The second kappa shape index (κ2) is 11.1. The van der Waals surface area contributed by atoms with Gasteiger partial charge in [-0.1, -0.05) is 47.6 Å². The SMILES string of the molecule is O=c1[nH]c2ccccc2n1C1CCN(CCCCc2cc(-c3cccc(Oc4ccccc4)c3)no2)CC1. The highest BCUT2D eigenvalue weighted by Crippen LogP contribution is 2.28. The molecule has 1 N–H and O–H groups in total. The predicted octanol–water partition coefficient (Wildman–Crippen LogP) is 6.44. The van der Waals surface area contributed by atoms with Crippen LogP contribution in [0.1, 0.15) is 37.5 Å². The summed E-state index contributed by atoms with van der Waals surface area (Å²) in [6, 6.07) is 27.9. The Morgan fingerprint density at radius 3 is 2.55 bits per heavy atom. The number of rotatable bonds is 9. The number of likely N-dealkylation sites (tertiary alicyclic amines) is 1. The molecule has 5 aromatic rings. The minimum Gasteiger partial charge on any atom is -0.457 e. The van der Waals surface area contributed by atoms with Crippen LogP contribution in [-0.2, 0) is 6.42 Å². The van der Waals surface area contributed by atoms with Crippen LogP contribution < -0.4 is 10.4 Å². The molecule has 7 heteroatoms. The van der Waals surface area contributed by atoms with Crippen LogP contribution in [-0.4, -0.2) is 39.2 Å². The van der Waals surface area contributed by atoms with Crippen LogP contribution >= 0.6 is 0 Å². The van der Waals surface area contributed by atoms with Gasteiger partial charge in [0, 0.05) is 37.2 Å². The van der Waals surface area contributed by atoms with Gasteiger partial charge in [-0.15, -0.1) is 0 Å². The molecule has 0 radical (unpaired) electrons. The quantitative estimate of drug-likeness (QED) is 0.232. The number of imidazole rings is 1. The Hall–Kier alpha value is -4.10. The number of aromatic amines is 1. The number of ether oxygens (including phenoxy) is 1. The zero-order valence-electron chi connectivity index (χ0n) is 21.4. The monoisotopic (exact) mass is 508 g/mol. The summed E-state index contributed by atoms with van der Waals surface area (Å²) in [6.45, 7) is 3.10. The van der Waals surface area contributed by atoms with Crippen molar-refractivity contribution in [2.45, 2.75) is 38.1 Å². The summed E-state index contributed by atoms with van der Waals surface area (Å²) in [6.07, 6.45) is 5.02. The molecule has 0 amide bonds. The van der Waals surface area contributed by atoms with Crippen molar-refractivity contribution in [2.75, 3.05) is 19.6 Å². The van der Waals surface area contributed by atoms with Gasteiger partial charge in [-0.2, -0.15) is 0 Å². The van der Waals surface area contributed by atoms with Gasteiger partial charge < -0.3 is 19.1 Å². The number of hydrogen-bond donors (Lipinski definition) is 1. The maximum absolute atomic E-state index is 12.5. The van der Waals surface area contributed by atoms with Crippen LogP contribution in [0.4, 0.5) is 0 Å². The highest BCUT2D eigenvalue weighted by molar-refractivity contribution is 5.75. The number of aryl methyl sites for hydroxylation is 1. The molecule has 6 rings (SSSR count). The maximum atomic E-state index is 12.5. The van der Waals surface area contributed by atoms with Gasteiger partial charge in [0.05, 0.1) is 11.0 Å². The van der Waals surface area contributed by atoms with E-state index in [1.165, 1.54) is 0 Å². The second-order valence-corrected chi connectivity index (χ2v) is 9.97. The van der Waals surface area contributed by atoms with E-state index in [4.69, 9.17) is 9.26 Å². The normalized spacial score (nSPS) is 14.7. The Morgan fingerprint density at radius 2 is 1.68 bits per heavy atom. The highest BCUT2D eigenvalue weighted by atomic mass is 16.5. The summed E-state index contributed by atoms with van der Waals surface area (Å²) in [5.74, 6) is 2.49. The van der Waals surface area contributed by atoms with Crippen LogP contribution in [0.5, 0.6) is 11.5 Å². The van der Waals surface area contributed by atoms with Gasteiger partial charge in [-0.3, -0.25) is 4.57 Å². The second-order valence-electron chi connectivity index (χ2n) is 9.97. The number of para-hydroxylation sites is 3. The van der Waals surface area contributed by atoms with Crippen LogP contribution in [0.3, 0.4) is 0 Å². The van der Waals surface area contributed by atoms with E-state index in [0.717, 1.165) is 91.3 Å². The summed E-state index contributed by atoms with van der Waals surface area (Å²) >= 11 is 0. The number of nitrogens with zero attached hydrogens (tertiary/aromatic N) is 3. The lowest BCUT2D eigenvalue weighted by molar-refractivity contribution is 0.183. The fourth-order valence-electron chi connectivity index (χ4n) is 5.38. The standard InChI is InChI=1S/C31H32N4O3/c36-31-32-28-14-4-5-15-30(28)35(31)24-16-19-34(20-17-24)18-7-6-12-27-22-29(33-38-27)23-9-8-13-26(21-23)37-25-10-2-1-3-11-25/h1-5,8-11,13-15,21-22,24H,6-7,12,16-20H2,(H,32,36). The van der Waals surface area contributed by atoms with Crippen LogP contribution in [0.25, 0.3) is 22.3 Å². The Labute approximate surface area is 221 Å². The van der Waals surface area contributed by atoms with Gasteiger partial charge in [0.15, 0.2) is 0 Å². The van der Waals surface area contributed by atoms with Crippen LogP contribution in [0, 0.1) is 0 Å². The van der Waals surface area contributed by atoms with Gasteiger partial charge in [0.2, 0.25) is 0 Å². The number of nitrogens with one attached hydrogen (secondary N) is 1. The summed E-state index contributed by atoms with van der Waals surface area (Å²) in [5.41, 5.74) is 3.74. The van der Waals surface area contributed by atoms with E-state index < -0.39 is 0 Å². The van der Waals surface area contributed by atoms with Gasteiger partial charge >= 0.3 is 5.69 Å². The molecule has 2 aromatic heterocycles. The number of H-pyrrole nitrogens is 1. The first-order chi connectivity index (χ1) is 18.7. The fourth-order valence-corrected chi connectivity index (χ4v) is 5.38. The number of aromatic nitrogens is 3. The molecule has 3 aromatic carbocycles. The molecule has 0 unspecified atom stereocenters. The molecule has 0 spiro atoms. The van der Waals surface area contributed by atoms with Crippen molar-refractivity contribution < 1.29 is 9.26 Å². The highest BCUT2D eigenvalue weighted by Gasteiger charge is 2.23. The van der Waals surface area contributed by atoms with Crippen molar-refractivity contribution in [3.8, 4) is 22.8 Å². The first-order valence-corrected chi connectivity index (χ1v) is 13.4. The number of piperidine rings is 1. The van der Waals surface area contributed by atoms with Crippen molar-refractivity contribution in [3.05, 3.63) is 101 Å². The molecule has 0 atom stereocenters. The molecule has 7 nitrogen and oxygen atoms in total. The molecule has 1 saturated heterocycles. The largest absolute Gasteiger partial charge is 0.457 e. The average molecular weight is 509 g/mol. The third-order valence-corrected chi connectivity index (χ3v) is 7.36. The topological polar surface area (TPSA) is 76.3 Å². The smallest absolute Gasteiger partial charge is 0.326 e. The van der Waals surface area contributed by atoms with Gasteiger partial charge in [0.25, 0.3) is 0 Å². The first-order valence-electron chi connectivity index (χ1n) is 13.4. The first kappa shape index (κ1) is 24.2. The predicted molar refractivity (Wildman–Crippen MR) is 149 cm³/mol. The van der Waals surface area contributed by atoms with E-state index in [-0.39, 0.29) is 11.7 Å². The van der Waals surface area contributed by atoms with Crippen molar-refractivity contribution in [1.82, 2.24) is 19.6 Å². The molecular weight excluding hydrogens is 476 g/mol. The van der Waals surface area contributed by atoms with E-state index in [1.54, 1.807) is 0 Å². The number of unbranched alkanes of at least 4 members (excludes halogenated alkanes) is 1. The molecule has 1 aliphatic heterocycles. The molecule has 0 bridgehead atoms. The minimum atomic E-state index is 0.00604. The third kappa shape index (κ3) is 5.43. The molecular formula is C31H32N4O3. The van der Waals surface area contributed by atoms with Crippen molar-refractivity contribution in [1.29, 1.82) is 0 Å². The minimum absolute atomic E-state index is 0.00604. The summed E-state index contributed by atoms with van der Waals surface area (Å²) in [4.78, 5) is 18.0. The Balaban J connectivity index is 0.968. The zero-order valence-corrected chi connectivity index (χ0v) is 21.4. The van der Waals surface area contributed by atoms with Crippen LogP contribution in [0.2, 0.25) is 0 Å². The van der Waals surface area contributed by atoms with E-state index in [9.17, 15) is 4.79 Å². The van der Waals surface area contributed by atoms with Gasteiger partial charge in [-0.25, -0.2) is 4.79 Å². The van der Waals surface area contributed by atoms with Crippen LogP contribution in [0.15, 0.2) is 94.2 Å². The molecule has 1 fully saturated rings. The maximum Gasteiger partial charge on any atom is 0.326 e. The van der Waals surface area contributed by atoms with Gasteiger partial charge in [-0.05, 0) is 68.6 Å². The average Bonchev–Trinajstić information content (AvgIpc) is 3.56. The zero-order chi connectivity index (χ0) is 25.7. The van der Waals surface area contributed by atoms with Gasteiger partial charge in [0.1, 0.15) is 23.0 Å². The molecule has 3 heterocycles. The summed E-state index contributed by atoms with van der Waals surface area (Å²) in [7, 11) is 0. The van der Waals surface area contributed by atoms with E-state index >= 15 is 0 Å².